The Balaban J connectivity index is 2.78. The van der Waals surface area contributed by atoms with Crippen LogP contribution in [0.5, 0.6) is 5.75 Å². The Morgan fingerprint density at radius 1 is 1.44 bits per heavy atom. The van der Waals surface area contributed by atoms with Crippen molar-refractivity contribution in [1.29, 1.82) is 0 Å². The van der Waals surface area contributed by atoms with Crippen LogP contribution in [0.4, 0.5) is 8.78 Å². The maximum Gasteiger partial charge on any atom is 0.270 e. The van der Waals surface area contributed by atoms with Gasteiger partial charge in [0.2, 0.25) is 0 Å². The second kappa shape index (κ2) is 6.60. The Kier molecular flexibility index (Phi) is 5.42. The lowest BCUT2D eigenvalue weighted by atomic mass is 10.2. The zero-order valence-electron chi connectivity index (χ0n) is 8.67. The second-order valence-electron chi connectivity index (χ2n) is 2.88. The Morgan fingerprint density at radius 2 is 2.19 bits per heavy atom. The van der Waals surface area contributed by atoms with E-state index in [9.17, 15) is 8.78 Å². The molecule has 1 aromatic rings. The maximum atomic E-state index is 12.0. The molecule has 0 fully saturated rings. The molecule has 0 saturated heterocycles. The molecule has 0 aromatic heterocycles. The number of rotatable bonds is 5. The first-order chi connectivity index (χ1) is 7.63. The van der Waals surface area contributed by atoms with Crippen LogP contribution in [0.15, 0.2) is 28.8 Å². The summed E-state index contributed by atoms with van der Waals surface area (Å²) in [6.07, 6.45) is -0.960. The normalized spacial score (nSPS) is 10.0. The fraction of sp³-hybridized carbons (Fsp3) is 0.273. The summed E-state index contributed by atoms with van der Waals surface area (Å²) < 4.78 is 35.0. The molecule has 0 radical (unpaired) electrons. The van der Waals surface area contributed by atoms with Gasteiger partial charge in [0.1, 0.15) is 5.75 Å². The minimum absolute atomic E-state index is 0.0976. The van der Waals surface area contributed by atoms with Gasteiger partial charge in [-0.15, -0.1) is 0 Å². The molecule has 0 unspecified atom stereocenters. The van der Waals surface area contributed by atoms with Crippen LogP contribution >= 0.6 is 15.9 Å². The summed E-state index contributed by atoms with van der Waals surface area (Å²) in [6, 6.07) is 4.73. The van der Waals surface area contributed by atoms with E-state index in [1.807, 2.05) is 6.92 Å². The largest absolute Gasteiger partial charge is 0.466 e. The lowest BCUT2D eigenvalue weighted by Gasteiger charge is -2.08. The zero-order chi connectivity index (χ0) is 12.0. The van der Waals surface area contributed by atoms with Gasteiger partial charge in [0.05, 0.1) is 4.47 Å². The average Bonchev–Trinajstić information content (AvgIpc) is 2.22. The van der Waals surface area contributed by atoms with Gasteiger partial charge in [-0.25, -0.2) is 0 Å². The number of ether oxygens (including phenoxy) is 2. The highest BCUT2D eigenvalue weighted by molar-refractivity contribution is 9.10. The molecule has 0 bridgehead atoms. The first-order valence-corrected chi connectivity index (χ1v) is 5.45. The van der Waals surface area contributed by atoms with Gasteiger partial charge < -0.3 is 9.47 Å². The van der Waals surface area contributed by atoms with E-state index < -0.39 is 6.08 Å². The molecule has 0 saturated carbocycles. The minimum Gasteiger partial charge on any atom is -0.466 e. The molecule has 0 aliphatic heterocycles. The van der Waals surface area contributed by atoms with Crippen LogP contribution in [0.3, 0.4) is 0 Å². The van der Waals surface area contributed by atoms with E-state index in [1.165, 1.54) is 6.07 Å². The van der Waals surface area contributed by atoms with Gasteiger partial charge in [-0.3, -0.25) is 0 Å². The first kappa shape index (κ1) is 13.1. The van der Waals surface area contributed by atoms with E-state index in [1.54, 1.807) is 12.1 Å². The number of hydrogen-bond acceptors (Lipinski definition) is 2. The molecule has 0 heterocycles. The number of halogens is 3. The molecule has 0 N–H and O–H groups in total. The molecule has 0 aliphatic carbocycles. The molecule has 0 aliphatic rings. The summed E-state index contributed by atoms with van der Waals surface area (Å²) in [5.41, 5.74) is 0.384. The fourth-order valence-electron chi connectivity index (χ4n) is 1.03. The van der Waals surface area contributed by atoms with E-state index in [0.717, 1.165) is 6.08 Å². The highest BCUT2D eigenvalue weighted by Gasteiger charge is 2.02. The Morgan fingerprint density at radius 3 is 2.81 bits per heavy atom. The van der Waals surface area contributed by atoms with Gasteiger partial charge in [-0.1, -0.05) is 6.07 Å². The molecule has 5 heteroatoms. The van der Waals surface area contributed by atoms with Crippen LogP contribution in [0, 0.1) is 0 Å². The van der Waals surface area contributed by atoms with E-state index in [-0.39, 0.29) is 6.79 Å². The van der Waals surface area contributed by atoms with Crippen LogP contribution in [0.25, 0.3) is 6.08 Å². The molecule has 88 valence electrons. The Bertz CT molecular complexity index is 376. The van der Waals surface area contributed by atoms with Crippen molar-refractivity contribution < 1.29 is 18.3 Å². The first-order valence-electron chi connectivity index (χ1n) is 4.66. The minimum atomic E-state index is -1.74. The summed E-state index contributed by atoms with van der Waals surface area (Å²) >= 11 is 3.26. The molecular weight excluding hydrogens is 282 g/mol. The lowest BCUT2D eigenvalue weighted by Crippen LogP contribution is -2.02. The molecular formula is C11H11BrF2O2. The van der Waals surface area contributed by atoms with Crippen molar-refractivity contribution in [2.24, 2.45) is 0 Å². The van der Waals surface area contributed by atoms with Crippen molar-refractivity contribution in [3.8, 4) is 5.75 Å². The maximum absolute atomic E-state index is 12.0. The molecule has 1 rings (SSSR count). The van der Waals surface area contributed by atoms with Crippen LogP contribution < -0.4 is 4.74 Å². The van der Waals surface area contributed by atoms with Gasteiger partial charge in [0, 0.05) is 12.7 Å². The van der Waals surface area contributed by atoms with Gasteiger partial charge in [0.25, 0.3) is 6.08 Å². The van der Waals surface area contributed by atoms with Gasteiger partial charge in [-0.05, 0) is 40.5 Å². The predicted molar refractivity (Wildman–Crippen MR) is 61.5 cm³/mol. The summed E-state index contributed by atoms with van der Waals surface area (Å²) in [5.74, 6) is 0.475. The van der Waals surface area contributed by atoms with E-state index >= 15 is 0 Å². The van der Waals surface area contributed by atoms with Crippen molar-refractivity contribution in [2.75, 3.05) is 13.4 Å². The highest BCUT2D eigenvalue weighted by atomic mass is 79.9. The fourth-order valence-corrected chi connectivity index (χ4v) is 1.40. The Hall–Kier alpha value is -0.940. The summed E-state index contributed by atoms with van der Waals surface area (Å²) in [7, 11) is 0. The molecule has 16 heavy (non-hydrogen) atoms. The van der Waals surface area contributed by atoms with E-state index in [2.05, 4.69) is 15.9 Å². The quantitative estimate of drug-likeness (QED) is 0.602. The third-order valence-corrected chi connectivity index (χ3v) is 2.39. The monoisotopic (exact) mass is 292 g/mol. The smallest absolute Gasteiger partial charge is 0.270 e. The zero-order valence-corrected chi connectivity index (χ0v) is 10.3. The summed E-state index contributed by atoms with van der Waals surface area (Å²) in [4.78, 5) is 0. The van der Waals surface area contributed by atoms with Crippen LogP contribution in [-0.2, 0) is 4.74 Å². The standard InChI is InChI=1S/C11H11BrF2O2/c1-2-15-7-16-10-5-8(6-11(13)14)3-4-9(10)12/h3-6H,2,7H2,1H3. The predicted octanol–water partition coefficient (Wildman–Crippen LogP) is 4.06. The SMILES string of the molecule is CCOCOc1cc(C=C(F)F)ccc1Br. The van der Waals surface area contributed by atoms with Gasteiger partial charge in [0.15, 0.2) is 6.79 Å². The molecule has 0 spiro atoms. The lowest BCUT2D eigenvalue weighted by molar-refractivity contribution is 0.0219. The average molecular weight is 293 g/mol. The van der Waals surface area contributed by atoms with E-state index in [0.29, 0.717) is 22.4 Å². The van der Waals surface area contributed by atoms with Crippen molar-refractivity contribution in [3.63, 3.8) is 0 Å². The van der Waals surface area contributed by atoms with Gasteiger partial charge >= 0.3 is 0 Å². The van der Waals surface area contributed by atoms with Crippen molar-refractivity contribution in [3.05, 3.63) is 34.3 Å². The molecule has 0 amide bonds. The Labute approximate surface area is 101 Å². The topological polar surface area (TPSA) is 18.5 Å². The third-order valence-electron chi connectivity index (χ3n) is 1.73. The van der Waals surface area contributed by atoms with E-state index in [4.69, 9.17) is 9.47 Å². The second-order valence-corrected chi connectivity index (χ2v) is 3.73. The number of hydrogen-bond donors (Lipinski definition) is 0. The van der Waals surface area contributed by atoms with Crippen molar-refractivity contribution in [1.82, 2.24) is 0 Å². The van der Waals surface area contributed by atoms with Crippen LogP contribution in [0.2, 0.25) is 0 Å². The molecule has 0 atom stereocenters. The summed E-state index contributed by atoms with van der Waals surface area (Å²) in [5, 5.41) is 0. The van der Waals surface area contributed by atoms with Crippen LogP contribution in [-0.4, -0.2) is 13.4 Å². The highest BCUT2D eigenvalue weighted by Crippen LogP contribution is 2.27. The van der Waals surface area contributed by atoms with Gasteiger partial charge in [-0.2, -0.15) is 8.78 Å². The molecule has 2 nitrogen and oxygen atoms in total. The molecule has 1 aromatic carbocycles. The third kappa shape index (κ3) is 4.28. The summed E-state index contributed by atoms with van der Waals surface area (Å²) in [6.45, 7) is 2.48. The van der Waals surface area contributed by atoms with Crippen molar-refractivity contribution >= 4 is 22.0 Å². The van der Waals surface area contributed by atoms with Crippen molar-refractivity contribution in [2.45, 2.75) is 6.92 Å². The number of benzene rings is 1. The van der Waals surface area contributed by atoms with Crippen LogP contribution in [0.1, 0.15) is 12.5 Å².